The second-order valence-corrected chi connectivity index (χ2v) is 19.3. The lowest BCUT2D eigenvalue weighted by molar-refractivity contribution is -0.136. The van der Waals surface area contributed by atoms with Crippen molar-refractivity contribution in [1.82, 2.24) is 44.9 Å². The van der Waals surface area contributed by atoms with Crippen LogP contribution in [-0.2, 0) is 24.5 Å². The molecule has 0 saturated carbocycles. The van der Waals surface area contributed by atoms with Crippen LogP contribution in [0.2, 0.25) is 0 Å². The first-order chi connectivity index (χ1) is 33.6. The van der Waals surface area contributed by atoms with Crippen LogP contribution >= 0.6 is 0 Å². The molecule has 3 aromatic heterocycles. The van der Waals surface area contributed by atoms with Crippen molar-refractivity contribution in [3.05, 3.63) is 115 Å². The number of nitrogens with one attached hydrogen (secondary N) is 4. The standard InChI is InChI=1S/C54H62N10O6/c1-32(2)46(60-52(67)69-7)50(65)62-27-9-11-44(62)48-56-29-40(58-48)34-13-17-36(18-14-34)42-25-26-43(64(42)39-23-21-38(22-24-39)54(5,6)31-55)37-19-15-35(16-20-37)41-30-57-49(59-41)45-12-10-28-63(45)51(66)47(33(3)4)61-53(68)70-8/h13-26,29-30,32-33,44-47H,9-12,27-28H2,1-8H3,(H,56,58)(H,57,59)(H,60,67)(H,61,68)/t44-,45-,46-,47?/m0/s1. The monoisotopic (exact) mass is 946 g/mol. The smallest absolute Gasteiger partial charge is 0.407 e. The maximum atomic E-state index is 13.7. The molecule has 2 aliphatic heterocycles. The summed E-state index contributed by atoms with van der Waals surface area (Å²) in [5.74, 6) is 0.818. The molecule has 16 heteroatoms. The molecule has 364 valence electrons. The summed E-state index contributed by atoms with van der Waals surface area (Å²) >= 11 is 0. The third-order valence-corrected chi connectivity index (χ3v) is 13.6. The Kier molecular flexibility index (Phi) is 14.3. The van der Waals surface area contributed by atoms with Gasteiger partial charge in [0.1, 0.15) is 23.7 Å². The van der Waals surface area contributed by atoms with Crippen LogP contribution in [0, 0.1) is 23.2 Å². The Balaban J connectivity index is 1.05. The second kappa shape index (κ2) is 20.5. The largest absolute Gasteiger partial charge is 0.453 e. The Morgan fingerprint density at radius 3 is 1.41 bits per heavy atom. The van der Waals surface area contributed by atoms with E-state index in [0.717, 1.165) is 82.0 Å². The van der Waals surface area contributed by atoms with Gasteiger partial charge in [-0.3, -0.25) is 9.59 Å². The quantitative estimate of drug-likeness (QED) is 0.0820. The molecule has 4 amide bonds. The SMILES string of the molecule is COC(=O)NC(C(=O)N1CCC[C@H]1c1nc(-c2ccc(-c3ccc(-c4ccc(-c5c[nH]c([C@@H]6CCCN6C(=O)[C@@H](NC(=O)OC)C(C)C)n5)cc4)n3-c3ccc(C(C)(C)C#N)cc3)cc2)c[nH]1)C(C)C. The molecule has 8 rings (SSSR count). The molecule has 0 spiro atoms. The molecular formula is C54H62N10O6. The van der Waals surface area contributed by atoms with Crippen molar-refractivity contribution in [3.63, 3.8) is 0 Å². The summed E-state index contributed by atoms with van der Waals surface area (Å²) in [5, 5.41) is 15.3. The molecule has 2 aliphatic rings. The summed E-state index contributed by atoms with van der Waals surface area (Å²) in [6, 6.07) is 29.4. The number of likely N-dealkylation sites (tertiary alicyclic amines) is 2. The average Bonchev–Trinajstić information content (AvgIpc) is 4.24. The minimum absolute atomic E-state index is 0.132. The Bertz CT molecular complexity index is 2710. The Morgan fingerprint density at radius 2 is 1.04 bits per heavy atom. The molecule has 2 fully saturated rings. The molecule has 16 nitrogen and oxygen atoms in total. The first-order valence-electron chi connectivity index (χ1n) is 24.0. The zero-order valence-corrected chi connectivity index (χ0v) is 41.1. The molecule has 3 aromatic carbocycles. The first kappa shape index (κ1) is 48.8. The lowest BCUT2D eigenvalue weighted by Gasteiger charge is -2.29. The minimum Gasteiger partial charge on any atom is -0.453 e. The number of nitrogens with zero attached hydrogens (tertiary/aromatic N) is 6. The van der Waals surface area contributed by atoms with Gasteiger partial charge in [-0.15, -0.1) is 0 Å². The molecule has 4 atom stereocenters. The van der Waals surface area contributed by atoms with Gasteiger partial charge in [0, 0.05) is 42.3 Å². The van der Waals surface area contributed by atoms with Crippen molar-refractivity contribution in [2.24, 2.45) is 11.8 Å². The van der Waals surface area contributed by atoms with Crippen LogP contribution in [-0.4, -0.2) is 97.7 Å². The number of carbonyl (C=O) groups excluding carboxylic acids is 4. The van der Waals surface area contributed by atoms with Crippen LogP contribution in [0.25, 0.3) is 50.7 Å². The van der Waals surface area contributed by atoms with E-state index in [-0.39, 0.29) is 35.7 Å². The molecular weight excluding hydrogens is 885 g/mol. The highest BCUT2D eigenvalue weighted by molar-refractivity contribution is 5.87. The Labute approximate surface area is 408 Å². The number of hydrogen-bond acceptors (Lipinski definition) is 9. The number of amides is 4. The van der Waals surface area contributed by atoms with Gasteiger partial charge in [0.15, 0.2) is 0 Å². The number of benzene rings is 3. The summed E-state index contributed by atoms with van der Waals surface area (Å²) in [6.07, 6.45) is 5.62. The first-order valence-corrected chi connectivity index (χ1v) is 24.0. The number of rotatable bonds is 14. The van der Waals surface area contributed by atoms with E-state index in [1.54, 1.807) is 9.80 Å². The van der Waals surface area contributed by atoms with Crippen molar-refractivity contribution in [2.45, 2.75) is 96.8 Å². The van der Waals surface area contributed by atoms with E-state index in [0.29, 0.717) is 24.7 Å². The molecule has 5 heterocycles. The van der Waals surface area contributed by atoms with Crippen LogP contribution in [0.3, 0.4) is 0 Å². The van der Waals surface area contributed by atoms with Gasteiger partial charge in [0.05, 0.1) is 60.6 Å². The Hall–Kier alpha value is -7.67. The van der Waals surface area contributed by atoms with E-state index in [1.165, 1.54) is 14.2 Å². The predicted molar refractivity (Wildman–Crippen MR) is 266 cm³/mol. The topological polar surface area (TPSA) is 203 Å². The Morgan fingerprint density at radius 1 is 0.643 bits per heavy atom. The summed E-state index contributed by atoms with van der Waals surface area (Å²) in [4.78, 5) is 71.9. The highest BCUT2D eigenvalue weighted by atomic mass is 16.5. The maximum absolute atomic E-state index is 13.7. The number of methoxy groups -OCH3 is 2. The van der Waals surface area contributed by atoms with Crippen molar-refractivity contribution < 1.29 is 28.7 Å². The zero-order chi connectivity index (χ0) is 49.9. The van der Waals surface area contributed by atoms with E-state index in [4.69, 9.17) is 19.4 Å². The lowest BCUT2D eigenvalue weighted by Crippen LogP contribution is -2.51. The summed E-state index contributed by atoms with van der Waals surface area (Å²) in [6.45, 7) is 12.6. The van der Waals surface area contributed by atoms with Gasteiger partial charge in [0.25, 0.3) is 0 Å². The molecule has 2 saturated heterocycles. The third kappa shape index (κ3) is 9.92. The van der Waals surface area contributed by atoms with Gasteiger partial charge in [-0.25, -0.2) is 19.6 Å². The summed E-state index contributed by atoms with van der Waals surface area (Å²) < 4.78 is 11.8. The highest BCUT2D eigenvalue weighted by Gasteiger charge is 2.39. The van der Waals surface area contributed by atoms with Gasteiger partial charge >= 0.3 is 12.2 Å². The molecule has 4 N–H and O–H groups in total. The average molecular weight is 947 g/mol. The molecule has 0 bridgehead atoms. The van der Waals surface area contributed by atoms with Crippen LogP contribution < -0.4 is 10.6 Å². The number of ether oxygens (including phenoxy) is 2. The number of hydrogen-bond donors (Lipinski definition) is 4. The number of nitriles is 1. The zero-order valence-electron chi connectivity index (χ0n) is 41.1. The number of H-pyrrole nitrogens is 2. The van der Waals surface area contributed by atoms with E-state index in [2.05, 4.69) is 79.8 Å². The number of aromatic nitrogens is 5. The summed E-state index contributed by atoms with van der Waals surface area (Å²) in [5.41, 5.74) is 8.44. The van der Waals surface area contributed by atoms with Gasteiger partial charge in [-0.1, -0.05) is 88.4 Å². The third-order valence-electron chi connectivity index (χ3n) is 13.6. The normalized spacial score (nSPS) is 16.8. The number of aromatic amines is 2. The molecule has 1 unspecified atom stereocenters. The van der Waals surface area contributed by atoms with Crippen molar-refractivity contribution in [2.75, 3.05) is 27.3 Å². The molecule has 0 radical (unpaired) electrons. The van der Waals surface area contributed by atoms with Gasteiger partial charge < -0.3 is 44.4 Å². The van der Waals surface area contributed by atoms with Gasteiger partial charge in [0.2, 0.25) is 11.8 Å². The highest BCUT2D eigenvalue weighted by Crippen LogP contribution is 2.38. The second-order valence-electron chi connectivity index (χ2n) is 19.3. The fourth-order valence-electron chi connectivity index (χ4n) is 9.58. The van der Waals surface area contributed by atoms with Crippen LogP contribution in [0.1, 0.15) is 96.5 Å². The van der Waals surface area contributed by atoms with E-state index in [9.17, 15) is 24.4 Å². The number of imidazole rings is 2. The van der Waals surface area contributed by atoms with Crippen molar-refractivity contribution >= 4 is 24.0 Å². The van der Waals surface area contributed by atoms with Crippen molar-refractivity contribution in [3.8, 4) is 56.8 Å². The van der Waals surface area contributed by atoms with E-state index in [1.807, 2.05) is 90.3 Å². The fourth-order valence-corrected chi connectivity index (χ4v) is 9.58. The van der Waals surface area contributed by atoms with Crippen molar-refractivity contribution in [1.29, 1.82) is 5.26 Å². The molecule has 70 heavy (non-hydrogen) atoms. The summed E-state index contributed by atoms with van der Waals surface area (Å²) in [7, 11) is 2.57. The van der Waals surface area contributed by atoms with E-state index < -0.39 is 29.7 Å². The minimum atomic E-state index is -0.717. The number of alkyl carbamates (subject to hydrolysis) is 2. The number of carbonyl (C=O) groups is 4. The van der Waals surface area contributed by atoms with E-state index >= 15 is 0 Å². The van der Waals surface area contributed by atoms with Gasteiger partial charge in [-0.05, 0) is 92.3 Å². The predicted octanol–water partition coefficient (Wildman–Crippen LogP) is 9.48. The fraction of sp³-hybridized carbons (Fsp3) is 0.389. The molecule has 0 aliphatic carbocycles. The maximum Gasteiger partial charge on any atom is 0.407 e. The van der Waals surface area contributed by atoms with Crippen LogP contribution in [0.5, 0.6) is 0 Å². The van der Waals surface area contributed by atoms with Crippen LogP contribution in [0.4, 0.5) is 9.59 Å². The molecule has 6 aromatic rings. The lowest BCUT2D eigenvalue weighted by atomic mass is 9.86. The van der Waals surface area contributed by atoms with Gasteiger partial charge in [-0.2, -0.15) is 5.26 Å². The van der Waals surface area contributed by atoms with Crippen LogP contribution in [0.15, 0.2) is 97.3 Å².